The number of aryl methyl sites for hydroxylation is 2. The van der Waals surface area contributed by atoms with E-state index in [2.05, 4.69) is 12.6 Å². The zero-order valence-electron chi connectivity index (χ0n) is 9.76. The summed E-state index contributed by atoms with van der Waals surface area (Å²) in [4.78, 5) is 11.7. The molecule has 1 aromatic carbocycles. The van der Waals surface area contributed by atoms with Gasteiger partial charge in [0.1, 0.15) is 5.76 Å². The van der Waals surface area contributed by atoms with E-state index in [1.807, 2.05) is 26.0 Å². The molecule has 2 nitrogen and oxygen atoms in total. The molecule has 0 amide bonds. The molecule has 0 saturated heterocycles. The van der Waals surface area contributed by atoms with Crippen LogP contribution >= 0.6 is 0 Å². The Morgan fingerprint density at radius 1 is 1.25 bits per heavy atom. The van der Waals surface area contributed by atoms with E-state index in [1.165, 1.54) is 5.56 Å². The monoisotopic (exact) mass is 214 g/mol. The smallest absolute Gasteiger partial charge is 0.200 e. The summed E-state index contributed by atoms with van der Waals surface area (Å²) in [6, 6.07) is 6.02. The number of rotatable bonds is 2. The molecule has 0 heterocycles. The Kier molecular flexibility index (Phi) is 2.43. The van der Waals surface area contributed by atoms with Crippen LogP contribution in [0.2, 0.25) is 0 Å². The predicted molar refractivity (Wildman–Crippen MR) is 64.0 cm³/mol. The van der Waals surface area contributed by atoms with Crippen molar-refractivity contribution in [2.75, 3.05) is 7.11 Å². The van der Waals surface area contributed by atoms with Gasteiger partial charge in [-0.1, -0.05) is 30.3 Å². The molecule has 0 atom stereocenters. The lowest BCUT2D eigenvalue weighted by Gasteiger charge is -2.24. The van der Waals surface area contributed by atoms with E-state index < -0.39 is 0 Å². The maximum absolute atomic E-state index is 11.7. The summed E-state index contributed by atoms with van der Waals surface area (Å²) in [6.45, 7) is 7.71. The molecule has 0 N–H and O–H groups in total. The number of Topliss-reactive ketones (excluding diaryl/α,β-unsaturated/α-hetero) is 1. The van der Waals surface area contributed by atoms with Crippen LogP contribution in [0.1, 0.15) is 16.7 Å². The van der Waals surface area contributed by atoms with E-state index in [9.17, 15) is 4.79 Å². The average molecular weight is 214 g/mol. The Morgan fingerprint density at radius 3 is 2.50 bits per heavy atom. The van der Waals surface area contributed by atoms with Gasteiger partial charge in [0.15, 0.2) is 0 Å². The molecule has 0 unspecified atom stereocenters. The van der Waals surface area contributed by atoms with Crippen molar-refractivity contribution < 1.29 is 9.53 Å². The SMILES string of the molecule is C=C1C(=O)C(c2ccc(C)cc2C)=C1OC. The van der Waals surface area contributed by atoms with Crippen molar-refractivity contribution in [3.05, 3.63) is 52.8 Å². The molecule has 0 radical (unpaired) electrons. The highest BCUT2D eigenvalue weighted by molar-refractivity contribution is 6.39. The molecule has 1 aliphatic rings. The Bertz CT molecular complexity index is 522. The first kappa shape index (κ1) is 10.7. The minimum Gasteiger partial charge on any atom is -0.495 e. The van der Waals surface area contributed by atoms with Crippen molar-refractivity contribution in [1.29, 1.82) is 0 Å². The fraction of sp³-hybridized carbons (Fsp3) is 0.214. The molecule has 0 bridgehead atoms. The fourth-order valence-corrected chi connectivity index (χ4v) is 2.01. The van der Waals surface area contributed by atoms with Crippen molar-refractivity contribution in [2.45, 2.75) is 13.8 Å². The van der Waals surface area contributed by atoms with Gasteiger partial charge < -0.3 is 4.74 Å². The maximum Gasteiger partial charge on any atom is 0.200 e. The highest BCUT2D eigenvalue weighted by atomic mass is 16.5. The summed E-state index contributed by atoms with van der Waals surface area (Å²) in [5, 5.41) is 0. The minimum absolute atomic E-state index is 0.0104. The Labute approximate surface area is 95.2 Å². The van der Waals surface area contributed by atoms with Crippen molar-refractivity contribution in [3.8, 4) is 0 Å². The van der Waals surface area contributed by atoms with Gasteiger partial charge in [0, 0.05) is 0 Å². The summed E-state index contributed by atoms with van der Waals surface area (Å²) in [5.41, 5.74) is 4.35. The molecule has 0 aromatic heterocycles. The first-order chi connectivity index (χ1) is 7.56. The van der Waals surface area contributed by atoms with Crippen LogP contribution in [0.3, 0.4) is 0 Å². The molecular weight excluding hydrogens is 200 g/mol. The van der Waals surface area contributed by atoms with Crippen LogP contribution in [0.5, 0.6) is 0 Å². The van der Waals surface area contributed by atoms with Gasteiger partial charge in [0.2, 0.25) is 5.78 Å². The summed E-state index contributed by atoms with van der Waals surface area (Å²) >= 11 is 0. The van der Waals surface area contributed by atoms with Crippen LogP contribution in [-0.4, -0.2) is 12.9 Å². The van der Waals surface area contributed by atoms with Crippen LogP contribution in [0, 0.1) is 13.8 Å². The summed E-state index contributed by atoms with van der Waals surface area (Å²) in [5.74, 6) is 0.612. The first-order valence-electron chi connectivity index (χ1n) is 5.16. The van der Waals surface area contributed by atoms with E-state index in [0.29, 0.717) is 16.9 Å². The fourth-order valence-electron chi connectivity index (χ4n) is 2.01. The molecule has 0 fully saturated rings. The molecule has 0 spiro atoms. The second-order valence-corrected chi connectivity index (χ2v) is 4.03. The van der Waals surface area contributed by atoms with E-state index in [1.54, 1.807) is 7.11 Å². The Balaban J connectivity index is 2.58. The number of carbonyl (C=O) groups excluding carboxylic acids is 1. The van der Waals surface area contributed by atoms with Crippen LogP contribution in [-0.2, 0) is 9.53 Å². The van der Waals surface area contributed by atoms with E-state index in [4.69, 9.17) is 4.74 Å². The molecular formula is C14H14O2. The number of allylic oxidation sites excluding steroid dienone is 2. The molecule has 16 heavy (non-hydrogen) atoms. The summed E-state index contributed by atoms with van der Waals surface area (Å²) < 4.78 is 5.18. The second kappa shape index (κ2) is 3.63. The third kappa shape index (κ3) is 1.38. The van der Waals surface area contributed by atoms with Crippen molar-refractivity contribution >= 4 is 11.4 Å². The quantitative estimate of drug-likeness (QED) is 0.707. The number of ketones is 1. The number of carbonyl (C=O) groups is 1. The lowest BCUT2D eigenvalue weighted by molar-refractivity contribution is -0.111. The van der Waals surface area contributed by atoms with Crippen LogP contribution < -0.4 is 0 Å². The standard InChI is InChI=1S/C14H14O2/c1-8-5-6-11(9(2)7-8)12-13(15)10(3)14(12)16-4/h5-7H,3H2,1-2,4H3. The van der Waals surface area contributed by atoms with Crippen LogP contribution in [0.4, 0.5) is 0 Å². The molecule has 2 heteroatoms. The Hall–Kier alpha value is -1.83. The third-order valence-corrected chi connectivity index (χ3v) is 2.86. The number of hydrogen-bond acceptors (Lipinski definition) is 2. The third-order valence-electron chi connectivity index (χ3n) is 2.86. The van der Waals surface area contributed by atoms with Crippen molar-refractivity contribution in [3.63, 3.8) is 0 Å². The normalized spacial score (nSPS) is 15.2. The van der Waals surface area contributed by atoms with Gasteiger partial charge in [-0.05, 0) is 25.0 Å². The molecule has 2 rings (SSSR count). The van der Waals surface area contributed by atoms with Crippen LogP contribution in [0.25, 0.3) is 5.57 Å². The number of ether oxygens (including phenoxy) is 1. The van der Waals surface area contributed by atoms with Gasteiger partial charge in [-0.3, -0.25) is 4.79 Å². The number of benzene rings is 1. The Morgan fingerprint density at radius 2 is 1.94 bits per heavy atom. The molecule has 0 aliphatic heterocycles. The summed E-state index contributed by atoms with van der Waals surface area (Å²) in [6.07, 6.45) is 0. The van der Waals surface area contributed by atoms with Crippen LogP contribution in [0.15, 0.2) is 36.1 Å². The predicted octanol–water partition coefficient (Wildman–Crippen LogP) is 2.80. The largest absolute Gasteiger partial charge is 0.495 e. The molecule has 0 saturated carbocycles. The van der Waals surface area contributed by atoms with Gasteiger partial charge in [0.05, 0.1) is 18.3 Å². The lowest BCUT2D eigenvalue weighted by Crippen LogP contribution is -2.22. The number of hydrogen-bond donors (Lipinski definition) is 0. The molecule has 1 aliphatic carbocycles. The van der Waals surface area contributed by atoms with Crippen molar-refractivity contribution in [1.82, 2.24) is 0 Å². The zero-order chi connectivity index (χ0) is 11.9. The van der Waals surface area contributed by atoms with E-state index in [0.717, 1.165) is 11.1 Å². The molecule has 1 aromatic rings. The average Bonchev–Trinajstić information content (AvgIpc) is 2.26. The first-order valence-corrected chi connectivity index (χ1v) is 5.16. The highest BCUT2D eigenvalue weighted by Gasteiger charge is 2.34. The topological polar surface area (TPSA) is 26.3 Å². The van der Waals surface area contributed by atoms with Gasteiger partial charge in [-0.15, -0.1) is 0 Å². The lowest BCUT2D eigenvalue weighted by atomic mass is 9.82. The van der Waals surface area contributed by atoms with E-state index in [-0.39, 0.29) is 5.78 Å². The van der Waals surface area contributed by atoms with Gasteiger partial charge >= 0.3 is 0 Å². The van der Waals surface area contributed by atoms with E-state index >= 15 is 0 Å². The maximum atomic E-state index is 11.7. The van der Waals surface area contributed by atoms with Gasteiger partial charge in [-0.2, -0.15) is 0 Å². The zero-order valence-corrected chi connectivity index (χ0v) is 9.76. The summed E-state index contributed by atoms with van der Waals surface area (Å²) in [7, 11) is 1.57. The highest BCUT2D eigenvalue weighted by Crippen LogP contribution is 2.38. The van der Waals surface area contributed by atoms with Gasteiger partial charge in [0.25, 0.3) is 0 Å². The minimum atomic E-state index is -0.0104. The second-order valence-electron chi connectivity index (χ2n) is 4.03. The van der Waals surface area contributed by atoms with Crippen molar-refractivity contribution in [2.24, 2.45) is 0 Å². The molecule has 82 valence electrons. The number of methoxy groups -OCH3 is 1. The van der Waals surface area contributed by atoms with Gasteiger partial charge in [-0.25, -0.2) is 0 Å².